The summed E-state index contributed by atoms with van der Waals surface area (Å²) in [5.74, 6) is 0.232. The van der Waals surface area contributed by atoms with Crippen LogP contribution in [0.4, 0.5) is 0 Å². The Balaban J connectivity index is 1.28. The predicted molar refractivity (Wildman–Crippen MR) is 185 cm³/mol. The summed E-state index contributed by atoms with van der Waals surface area (Å²) in [5, 5.41) is 9.22. The Morgan fingerprint density at radius 3 is 2.38 bits per heavy atom. The minimum atomic E-state index is -1.05. The van der Waals surface area contributed by atoms with Crippen LogP contribution >= 0.6 is 24.0 Å². The van der Waals surface area contributed by atoms with E-state index >= 15 is 0 Å². The number of nitrogens with zero attached hydrogens (tertiary/aromatic N) is 2. The van der Waals surface area contributed by atoms with Gasteiger partial charge in [-0.15, -0.1) is 0 Å². The number of amides is 1. The van der Waals surface area contributed by atoms with Gasteiger partial charge >= 0.3 is 5.97 Å². The molecule has 0 spiro atoms. The van der Waals surface area contributed by atoms with E-state index < -0.39 is 5.97 Å². The van der Waals surface area contributed by atoms with Crippen LogP contribution < -0.4 is 14.2 Å². The van der Waals surface area contributed by atoms with Crippen molar-refractivity contribution in [3.05, 3.63) is 82.3 Å². The van der Waals surface area contributed by atoms with Crippen molar-refractivity contribution in [2.75, 3.05) is 66.8 Å². The van der Waals surface area contributed by atoms with E-state index in [9.17, 15) is 14.7 Å². The Hall–Kier alpha value is -3.94. The summed E-state index contributed by atoms with van der Waals surface area (Å²) in [6.45, 7) is 5.71. The van der Waals surface area contributed by atoms with Crippen molar-refractivity contribution < 1.29 is 38.4 Å². The smallest absolute Gasteiger partial charge is 0.335 e. The maximum atomic E-state index is 13.5. The Kier molecular flexibility index (Phi) is 12.3. The topological polar surface area (TPSA) is 107 Å². The molecule has 0 aromatic heterocycles. The van der Waals surface area contributed by atoms with Gasteiger partial charge in [-0.3, -0.25) is 14.6 Å². The summed E-state index contributed by atoms with van der Waals surface area (Å²) < 4.78 is 28.6. The summed E-state index contributed by atoms with van der Waals surface area (Å²) in [5.41, 5.74) is 4.03. The number of carbonyl (C=O) groups is 2. The van der Waals surface area contributed by atoms with Crippen molar-refractivity contribution >= 4 is 46.3 Å². The fourth-order valence-electron chi connectivity index (χ4n) is 5.20. The van der Waals surface area contributed by atoms with E-state index in [1.165, 1.54) is 31.0 Å². The number of carbonyl (C=O) groups excluding carboxylic acids is 1. The highest BCUT2D eigenvalue weighted by Crippen LogP contribution is 2.36. The van der Waals surface area contributed by atoms with Crippen molar-refractivity contribution in [3.63, 3.8) is 0 Å². The van der Waals surface area contributed by atoms with Crippen molar-refractivity contribution in [2.45, 2.75) is 13.0 Å². The van der Waals surface area contributed by atoms with Crippen LogP contribution in [0.15, 0.2) is 65.6 Å². The van der Waals surface area contributed by atoms with Crippen LogP contribution in [0.2, 0.25) is 0 Å². The van der Waals surface area contributed by atoms with E-state index in [4.69, 9.17) is 35.9 Å². The lowest BCUT2D eigenvalue weighted by Gasteiger charge is -2.26. The molecule has 0 radical (unpaired) electrons. The SMILES string of the molecule is COCc1ccc(-c2ccc(OCCN3CCOCC3)c(/C=C3\SC(=S)N(CCCOc4ccc(C(=O)O)cc4OC)C3=O)c2)cc1. The first-order valence-corrected chi connectivity index (χ1v) is 16.5. The first-order valence-electron chi connectivity index (χ1n) is 15.3. The van der Waals surface area contributed by atoms with Gasteiger partial charge in [0.15, 0.2) is 11.5 Å². The molecule has 0 aliphatic carbocycles. The Labute approximate surface area is 284 Å². The minimum absolute atomic E-state index is 0.106. The van der Waals surface area contributed by atoms with Gasteiger partial charge in [0, 0.05) is 38.9 Å². The van der Waals surface area contributed by atoms with Gasteiger partial charge in [0.1, 0.15) is 16.7 Å². The molecule has 2 aliphatic rings. The maximum absolute atomic E-state index is 13.5. The molecule has 248 valence electrons. The molecule has 3 aromatic rings. The lowest BCUT2D eigenvalue weighted by molar-refractivity contribution is -0.122. The zero-order chi connectivity index (χ0) is 33.2. The molecule has 12 heteroatoms. The monoisotopic (exact) mass is 678 g/mol. The Morgan fingerprint density at radius 1 is 0.936 bits per heavy atom. The molecule has 0 atom stereocenters. The highest BCUT2D eigenvalue weighted by Gasteiger charge is 2.32. The molecule has 0 unspecified atom stereocenters. The normalized spacial score (nSPS) is 16.1. The van der Waals surface area contributed by atoms with Gasteiger partial charge in [0.25, 0.3) is 5.91 Å². The molecule has 3 aromatic carbocycles. The van der Waals surface area contributed by atoms with E-state index in [1.54, 1.807) is 18.1 Å². The minimum Gasteiger partial charge on any atom is -0.493 e. The number of ether oxygens (including phenoxy) is 5. The third-order valence-corrected chi connectivity index (χ3v) is 9.11. The van der Waals surface area contributed by atoms with Gasteiger partial charge in [0.05, 0.1) is 44.0 Å². The molecule has 1 N–H and O–H groups in total. The second kappa shape index (κ2) is 16.8. The van der Waals surface area contributed by atoms with Crippen LogP contribution in [0.1, 0.15) is 27.9 Å². The van der Waals surface area contributed by atoms with E-state index in [-0.39, 0.29) is 18.1 Å². The quantitative estimate of drug-likeness (QED) is 0.124. The summed E-state index contributed by atoms with van der Waals surface area (Å²) in [6, 6.07) is 18.7. The number of methoxy groups -OCH3 is 2. The number of thioether (sulfide) groups is 1. The van der Waals surface area contributed by atoms with Crippen molar-refractivity contribution in [2.24, 2.45) is 0 Å². The first kappa shape index (κ1) is 34.4. The molecule has 10 nitrogen and oxygen atoms in total. The van der Waals surface area contributed by atoms with Gasteiger partial charge in [-0.2, -0.15) is 0 Å². The van der Waals surface area contributed by atoms with E-state index in [1.807, 2.05) is 36.4 Å². The second-order valence-corrected chi connectivity index (χ2v) is 12.6. The summed E-state index contributed by atoms with van der Waals surface area (Å²) in [7, 11) is 3.13. The number of benzene rings is 3. The average molecular weight is 679 g/mol. The molecule has 2 saturated heterocycles. The van der Waals surface area contributed by atoms with Crippen molar-refractivity contribution in [1.82, 2.24) is 9.80 Å². The number of carboxylic acids is 1. The van der Waals surface area contributed by atoms with Crippen LogP contribution in [0.5, 0.6) is 17.2 Å². The van der Waals surface area contributed by atoms with Gasteiger partial charge in [-0.25, -0.2) is 4.79 Å². The van der Waals surface area contributed by atoms with Gasteiger partial charge in [0.2, 0.25) is 0 Å². The zero-order valence-corrected chi connectivity index (χ0v) is 28.1. The number of rotatable bonds is 15. The highest BCUT2D eigenvalue weighted by molar-refractivity contribution is 8.26. The molecule has 5 rings (SSSR count). The van der Waals surface area contributed by atoms with Crippen LogP contribution in [0.25, 0.3) is 17.2 Å². The number of hydrogen-bond donors (Lipinski definition) is 1. The third kappa shape index (κ3) is 9.11. The van der Waals surface area contributed by atoms with Gasteiger partial charge < -0.3 is 28.8 Å². The van der Waals surface area contributed by atoms with Crippen molar-refractivity contribution in [1.29, 1.82) is 0 Å². The number of carboxylic acid groups (broad SMARTS) is 1. The van der Waals surface area contributed by atoms with Crippen LogP contribution in [-0.4, -0.2) is 97.9 Å². The fraction of sp³-hybridized carbons (Fsp3) is 0.343. The molecular formula is C35H38N2O8S2. The lowest BCUT2D eigenvalue weighted by atomic mass is 10.0. The number of hydrogen-bond acceptors (Lipinski definition) is 10. The largest absolute Gasteiger partial charge is 0.493 e. The van der Waals surface area contributed by atoms with Gasteiger partial charge in [-0.1, -0.05) is 54.3 Å². The van der Waals surface area contributed by atoms with E-state index in [0.717, 1.165) is 55.1 Å². The predicted octanol–water partition coefficient (Wildman–Crippen LogP) is 5.59. The third-order valence-electron chi connectivity index (χ3n) is 7.73. The Bertz CT molecular complexity index is 1610. The lowest BCUT2D eigenvalue weighted by Crippen LogP contribution is -2.38. The fourth-order valence-corrected chi connectivity index (χ4v) is 6.50. The number of morpholine rings is 1. The summed E-state index contributed by atoms with van der Waals surface area (Å²) in [6.07, 6.45) is 2.37. The standard InChI is InChI=1S/C35H38N2O8S2/c1-41-23-24-4-6-25(7-5-24)26-8-10-29(45-19-15-36-13-17-43-18-14-36)28(20-26)22-32-33(38)37(35(46)47-32)12-3-16-44-30-11-9-27(34(39)40)21-31(30)42-2/h4-11,20-22H,3,12-19,23H2,1-2H3,(H,39,40)/b32-22-. The molecular weight excluding hydrogens is 641 g/mol. The van der Waals surface area contributed by atoms with Crippen LogP contribution in [0.3, 0.4) is 0 Å². The molecule has 2 heterocycles. The number of aromatic carboxylic acids is 1. The molecule has 1 amide bonds. The molecule has 47 heavy (non-hydrogen) atoms. The maximum Gasteiger partial charge on any atom is 0.335 e. The first-order chi connectivity index (χ1) is 22.9. The van der Waals surface area contributed by atoms with E-state index in [2.05, 4.69) is 17.0 Å². The Morgan fingerprint density at radius 2 is 1.66 bits per heavy atom. The van der Waals surface area contributed by atoms with Gasteiger partial charge in [-0.05, 0) is 59.5 Å². The second-order valence-electron chi connectivity index (χ2n) is 10.9. The van der Waals surface area contributed by atoms with Crippen LogP contribution in [-0.2, 0) is 20.9 Å². The average Bonchev–Trinajstić information content (AvgIpc) is 3.35. The van der Waals surface area contributed by atoms with Crippen molar-refractivity contribution in [3.8, 4) is 28.4 Å². The molecule has 2 aliphatic heterocycles. The zero-order valence-electron chi connectivity index (χ0n) is 26.4. The molecule has 2 fully saturated rings. The van der Waals surface area contributed by atoms with E-state index in [0.29, 0.717) is 52.7 Å². The summed E-state index contributed by atoms with van der Waals surface area (Å²) >= 11 is 6.86. The summed E-state index contributed by atoms with van der Waals surface area (Å²) in [4.78, 5) is 29.2. The molecule has 0 saturated carbocycles. The molecule has 0 bridgehead atoms. The number of thiocarbonyl (C=S) groups is 1. The van der Waals surface area contributed by atoms with Crippen LogP contribution in [0, 0.1) is 0 Å². The highest BCUT2D eigenvalue weighted by atomic mass is 32.2.